The first-order valence-corrected chi connectivity index (χ1v) is 12.9. The van der Waals surface area contributed by atoms with Crippen LogP contribution in [0, 0.1) is 11.3 Å². The Morgan fingerprint density at radius 3 is 2.74 bits per heavy atom. The molecule has 182 valence electrons. The fourth-order valence-electron chi connectivity index (χ4n) is 7.97. The van der Waals surface area contributed by atoms with Crippen LogP contribution in [0.1, 0.15) is 48.8 Å². The summed E-state index contributed by atoms with van der Waals surface area (Å²) < 4.78 is 12.4. The highest BCUT2D eigenvalue weighted by Crippen LogP contribution is 2.66. The number of hydrogen-bond donors (Lipinski definition) is 2. The molecular weight excluding hydrogens is 426 g/mol. The van der Waals surface area contributed by atoms with Crippen LogP contribution in [-0.4, -0.2) is 60.7 Å². The van der Waals surface area contributed by atoms with Crippen molar-refractivity contribution in [1.29, 1.82) is 0 Å². The molecule has 2 aromatic carbocycles. The number of nitrogens with zero attached hydrogens (tertiary/aromatic N) is 1. The minimum atomic E-state index is -0.697. The van der Waals surface area contributed by atoms with Gasteiger partial charge in [-0.15, -0.1) is 0 Å². The van der Waals surface area contributed by atoms with Gasteiger partial charge in [0.15, 0.2) is 11.5 Å². The predicted octanol–water partition coefficient (Wildman–Crippen LogP) is 3.73. The summed E-state index contributed by atoms with van der Waals surface area (Å²) in [5, 5.41) is 22.7. The number of rotatable bonds is 7. The molecule has 2 N–H and O–H groups in total. The molecule has 2 fully saturated rings. The first kappa shape index (κ1) is 22.4. The molecule has 2 aliphatic heterocycles. The van der Waals surface area contributed by atoms with Gasteiger partial charge in [0.1, 0.15) is 6.10 Å². The van der Waals surface area contributed by atoms with Crippen molar-refractivity contribution in [3.8, 4) is 11.5 Å². The van der Waals surface area contributed by atoms with Crippen LogP contribution in [0.2, 0.25) is 0 Å². The summed E-state index contributed by atoms with van der Waals surface area (Å²) in [6, 6.07) is 15.2. The summed E-state index contributed by atoms with van der Waals surface area (Å²) in [6.07, 6.45) is 5.70. The normalized spacial score (nSPS) is 35.5. The molecule has 1 saturated heterocycles. The van der Waals surface area contributed by atoms with Crippen LogP contribution in [0.25, 0.3) is 0 Å². The van der Waals surface area contributed by atoms with Crippen LogP contribution < -0.4 is 9.47 Å². The van der Waals surface area contributed by atoms with E-state index in [-0.39, 0.29) is 18.1 Å². The largest absolute Gasteiger partial charge is 0.493 e. The number of aryl methyl sites for hydroxylation is 1. The van der Waals surface area contributed by atoms with Gasteiger partial charge in [0.05, 0.1) is 19.8 Å². The second kappa shape index (κ2) is 8.25. The van der Waals surface area contributed by atoms with E-state index in [1.807, 2.05) is 6.07 Å². The molecule has 2 heterocycles. The predicted molar refractivity (Wildman–Crippen MR) is 131 cm³/mol. The molecule has 5 nitrogen and oxygen atoms in total. The number of likely N-dealkylation sites (tertiary alicyclic amines) is 1. The third kappa shape index (κ3) is 3.03. The van der Waals surface area contributed by atoms with Gasteiger partial charge in [0, 0.05) is 22.4 Å². The fourth-order valence-corrected chi connectivity index (χ4v) is 7.97. The Kier molecular flexibility index (Phi) is 5.43. The minimum Gasteiger partial charge on any atom is -0.493 e. The lowest BCUT2D eigenvalue weighted by Crippen LogP contribution is -2.70. The number of aliphatic hydroxyl groups excluding tert-OH is 2. The zero-order chi connectivity index (χ0) is 23.5. The van der Waals surface area contributed by atoms with E-state index < -0.39 is 11.5 Å². The maximum Gasteiger partial charge on any atom is 0.165 e. The van der Waals surface area contributed by atoms with E-state index in [1.54, 1.807) is 7.11 Å². The lowest BCUT2D eigenvalue weighted by molar-refractivity contribution is -0.179. The van der Waals surface area contributed by atoms with E-state index in [4.69, 9.17) is 9.47 Å². The monoisotopic (exact) mass is 463 g/mol. The Balaban J connectivity index is 1.33. The van der Waals surface area contributed by atoms with Gasteiger partial charge in [-0.3, -0.25) is 0 Å². The van der Waals surface area contributed by atoms with Crippen LogP contribution in [0.4, 0.5) is 0 Å². The van der Waals surface area contributed by atoms with Gasteiger partial charge < -0.3 is 24.6 Å². The van der Waals surface area contributed by atoms with Gasteiger partial charge in [0.2, 0.25) is 0 Å². The molecule has 0 aromatic heterocycles. The number of unbranched alkanes of at least 4 members (excludes halogenated alkanes) is 1. The van der Waals surface area contributed by atoms with Gasteiger partial charge in [-0.05, 0) is 75.2 Å². The molecule has 4 unspecified atom stereocenters. The third-order valence-corrected chi connectivity index (χ3v) is 9.73. The molecule has 2 aromatic rings. The van der Waals surface area contributed by atoms with Gasteiger partial charge >= 0.3 is 0 Å². The van der Waals surface area contributed by atoms with E-state index in [0.29, 0.717) is 12.0 Å². The number of likely N-dealkylation sites (N-methyl/N-ethyl adjacent to an activating group) is 1. The van der Waals surface area contributed by atoms with Crippen LogP contribution in [0.5, 0.6) is 11.5 Å². The van der Waals surface area contributed by atoms with E-state index >= 15 is 0 Å². The van der Waals surface area contributed by atoms with Crippen molar-refractivity contribution in [2.24, 2.45) is 11.3 Å². The van der Waals surface area contributed by atoms with Crippen LogP contribution in [-0.2, 0) is 18.3 Å². The lowest BCUT2D eigenvalue weighted by Gasteiger charge is -2.62. The lowest BCUT2D eigenvalue weighted by atomic mass is 9.46. The van der Waals surface area contributed by atoms with Crippen molar-refractivity contribution >= 4 is 0 Å². The highest BCUT2D eigenvalue weighted by Gasteiger charge is 2.69. The van der Waals surface area contributed by atoms with E-state index in [9.17, 15) is 10.2 Å². The quantitative estimate of drug-likeness (QED) is 0.613. The summed E-state index contributed by atoms with van der Waals surface area (Å²) in [4.78, 5) is 2.51. The standard InChI is InChI=1S/C29H37NO4/c1-30-15-14-29-21-17-28(18-31,13-7-6-10-19-8-4-3-5-9-19)26(32)27(29)34-25-23(33-2)12-11-20(24(25)29)16-22(21)30/h3-5,8-9,11-12,21-22,26-27,31-32H,6-7,10,13-18H2,1-2H3/t21?,22?,26-,27?,28+,29?/m0/s1. The third-order valence-electron chi connectivity index (χ3n) is 9.73. The molecular formula is C29H37NO4. The molecule has 0 radical (unpaired) electrons. The van der Waals surface area contributed by atoms with Gasteiger partial charge in [-0.2, -0.15) is 0 Å². The van der Waals surface area contributed by atoms with Crippen molar-refractivity contribution in [1.82, 2.24) is 4.90 Å². The Labute approximate surface area is 202 Å². The van der Waals surface area contributed by atoms with E-state index in [2.05, 4.69) is 48.3 Å². The van der Waals surface area contributed by atoms with Crippen molar-refractivity contribution in [3.63, 3.8) is 0 Å². The zero-order valence-corrected chi connectivity index (χ0v) is 20.4. The smallest absolute Gasteiger partial charge is 0.165 e. The van der Waals surface area contributed by atoms with Crippen LogP contribution in [0.3, 0.4) is 0 Å². The Bertz CT molecular complexity index is 1060. The summed E-state index contributed by atoms with van der Waals surface area (Å²) in [7, 11) is 3.93. The topological polar surface area (TPSA) is 62.2 Å². The molecule has 5 heteroatoms. The van der Waals surface area contributed by atoms with E-state index in [0.717, 1.165) is 63.0 Å². The first-order chi connectivity index (χ1) is 16.5. The van der Waals surface area contributed by atoms with E-state index in [1.165, 1.54) is 16.7 Å². The minimum absolute atomic E-state index is 0.00269. The molecule has 0 amide bonds. The number of benzene rings is 2. The summed E-state index contributed by atoms with van der Waals surface area (Å²) in [6.45, 7) is 1.01. The highest BCUT2D eigenvalue weighted by molar-refractivity contribution is 5.61. The van der Waals surface area contributed by atoms with Gasteiger partial charge in [-0.1, -0.05) is 42.8 Å². The SMILES string of the molecule is COc1ccc2c3c1OC1[C@H](O)[C@](CO)(CCCCc4ccccc4)CC4C(C2)N(C)CCC341. The molecule has 2 bridgehead atoms. The molecule has 34 heavy (non-hydrogen) atoms. The average molecular weight is 464 g/mol. The fraction of sp³-hybridized carbons (Fsp3) is 0.586. The Morgan fingerprint density at radius 1 is 1.15 bits per heavy atom. The van der Waals surface area contributed by atoms with Crippen LogP contribution >= 0.6 is 0 Å². The number of methoxy groups -OCH3 is 1. The molecule has 6 rings (SSSR count). The zero-order valence-electron chi connectivity index (χ0n) is 20.4. The second-order valence-corrected chi connectivity index (χ2v) is 11.2. The maximum absolute atomic E-state index is 11.9. The number of hydrogen-bond acceptors (Lipinski definition) is 5. The molecule has 1 spiro atoms. The van der Waals surface area contributed by atoms with Gasteiger partial charge in [-0.25, -0.2) is 0 Å². The summed E-state index contributed by atoms with van der Waals surface area (Å²) >= 11 is 0. The molecule has 4 aliphatic rings. The Morgan fingerprint density at radius 2 is 1.97 bits per heavy atom. The van der Waals surface area contributed by atoms with Crippen molar-refractivity contribution in [2.75, 3.05) is 27.3 Å². The van der Waals surface area contributed by atoms with Crippen molar-refractivity contribution in [2.45, 2.75) is 68.6 Å². The summed E-state index contributed by atoms with van der Waals surface area (Å²) in [5.41, 5.74) is 3.27. The molecule has 2 aliphatic carbocycles. The summed E-state index contributed by atoms with van der Waals surface area (Å²) in [5.74, 6) is 1.97. The number of piperidine rings is 1. The van der Waals surface area contributed by atoms with Crippen LogP contribution in [0.15, 0.2) is 42.5 Å². The number of ether oxygens (including phenoxy) is 2. The number of aliphatic hydroxyl groups is 2. The molecule has 6 atom stereocenters. The maximum atomic E-state index is 11.9. The van der Waals surface area contributed by atoms with Crippen molar-refractivity contribution < 1.29 is 19.7 Å². The first-order valence-electron chi connectivity index (χ1n) is 12.9. The van der Waals surface area contributed by atoms with Crippen molar-refractivity contribution in [3.05, 3.63) is 59.2 Å². The Hall–Kier alpha value is -2.08. The average Bonchev–Trinajstić information content (AvgIpc) is 3.22. The second-order valence-electron chi connectivity index (χ2n) is 11.2. The highest BCUT2D eigenvalue weighted by atomic mass is 16.5. The van der Waals surface area contributed by atoms with Gasteiger partial charge in [0.25, 0.3) is 0 Å². The molecule has 1 saturated carbocycles.